The highest BCUT2D eigenvalue weighted by atomic mass is 16.4. The lowest BCUT2D eigenvalue weighted by Gasteiger charge is -2.28. The standard InChI is InChI=1S/C11H17NO2/c1-2-3-4-6-9-7-5-8-10(12-9)11(13)14/h1,9-10,12H,3-8H2,(H,13,14). The number of carboxylic acid groups (broad SMARTS) is 1. The van der Waals surface area contributed by atoms with Crippen LogP contribution in [-0.2, 0) is 4.79 Å². The maximum absolute atomic E-state index is 10.7. The summed E-state index contributed by atoms with van der Waals surface area (Å²) < 4.78 is 0. The van der Waals surface area contributed by atoms with Crippen LogP contribution in [0, 0.1) is 12.3 Å². The summed E-state index contributed by atoms with van der Waals surface area (Å²) in [5.41, 5.74) is 0. The van der Waals surface area contributed by atoms with Gasteiger partial charge in [-0.15, -0.1) is 12.3 Å². The molecule has 1 rings (SSSR count). The smallest absolute Gasteiger partial charge is 0.320 e. The third-order valence-electron chi connectivity index (χ3n) is 2.65. The summed E-state index contributed by atoms with van der Waals surface area (Å²) in [5.74, 6) is 1.87. The lowest BCUT2D eigenvalue weighted by Crippen LogP contribution is -2.46. The summed E-state index contributed by atoms with van der Waals surface area (Å²) in [4.78, 5) is 10.7. The van der Waals surface area contributed by atoms with Crippen LogP contribution in [-0.4, -0.2) is 23.2 Å². The van der Waals surface area contributed by atoms with E-state index in [0.29, 0.717) is 6.04 Å². The maximum atomic E-state index is 10.7. The molecule has 0 spiro atoms. The third-order valence-corrected chi connectivity index (χ3v) is 2.65. The van der Waals surface area contributed by atoms with Crippen molar-refractivity contribution < 1.29 is 9.90 Å². The number of rotatable bonds is 4. The van der Waals surface area contributed by atoms with E-state index in [0.717, 1.165) is 38.5 Å². The van der Waals surface area contributed by atoms with Crippen LogP contribution in [0.4, 0.5) is 0 Å². The van der Waals surface area contributed by atoms with E-state index in [2.05, 4.69) is 11.2 Å². The van der Waals surface area contributed by atoms with Crippen LogP contribution in [0.15, 0.2) is 0 Å². The van der Waals surface area contributed by atoms with E-state index in [1.165, 1.54) is 0 Å². The molecule has 1 heterocycles. The van der Waals surface area contributed by atoms with Crippen LogP contribution in [0.5, 0.6) is 0 Å². The SMILES string of the molecule is C#CCCCC1CCCC(C(=O)O)N1. The molecule has 2 atom stereocenters. The normalized spacial score (nSPS) is 26.8. The van der Waals surface area contributed by atoms with Crippen molar-refractivity contribution in [3.63, 3.8) is 0 Å². The highest BCUT2D eigenvalue weighted by molar-refractivity contribution is 5.73. The second kappa shape index (κ2) is 5.66. The van der Waals surface area contributed by atoms with Gasteiger partial charge in [-0.3, -0.25) is 4.79 Å². The Hall–Kier alpha value is -1.01. The van der Waals surface area contributed by atoms with E-state index in [4.69, 9.17) is 11.5 Å². The molecule has 78 valence electrons. The van der Waals surface area contributed by atoms with Gasteiger partial charge >= 0.3 is 5.97 Å². The highest BCUT2D eigenvalue weighted by Gasteiger charge is 2.25. The average Bonchev–Trinajstić information content (AvgIpc) is 2.19. The maximum Gasteiger partial charge on any atom is 0.320 e. The fraction of sp³-hybridized carbons (Fsp3) is 0.727. The zero-order chi connectivity index (χ0) is 10.4. The van der Waals surface area contributed by atoms with E-state index in [-0.39, 0.29) is 6.04 Å². The van der Waals surface area contributed by atoms with E-state index in [9.17, 15) is 4.79 Å². The number of terminal acetylenes is 1. The Labute approximate surface area is 84.9 Å². The molecular weight excluding hydrogens is 178 g/mol. The molecule has 0 radical (unpaired) electrons. The second-order valence-electron chi connectivity index (χ2n) is 3.78. The van der Waals surface area contributed by atoms with E-state index in [1.54, 1.807) is 0 Å². The highest BCUT2D eigenvalue weighted by Crippen LogP contribution is 2.16. The van der Waals surface area contributed by atoms with Gasteiger partial charge in [0.25, 0.3) is 0 Å². The summed E-state index contributed by atoms with van der Waals surface area (Å²) in [6, 6.07) is -0.00205. The molecule has 2 unspecified atom stereocenters. The molecule has 3 heteroatoms. The summed E-state index contributed by atoms with van der Waals surface area (Å²) in [5, 5.41) is 12.0. The predicted molar refractivity (Wildman–Crippen MR) is 54.9 cm³/mol. The zero-order valence-electron chi connectivity index (χ0n) is 8.33. The van der Waals surface area contributed by atoms with Crippen LogP contribution < -0.4 is 5.32 Å². The van der Waals surface area contributed by atoms with Gasteiger partial charge in [-0.2, -0.15) is 0 Å². The number of nitrogens with one attached hydrogen (secondary N) is 1. The number of piperidine rings is 1. The minimum Gasteiger partial charge on any atom is -0.480 e. The monoisotopic (exact) mass is 195 g/mol. The first-order valence-electron chi connectivity index (χ1n) is 5.16. The van der Waals surface area contributed by atoms with Crippen molar-refractivity contribution in [3.8, 4) is 12.3 Å². The van der Waals surface area contributed by atoms with Crippen molar-refractivity contribution in [1.29, 1.82) is 0 Å². The summed E-state index contributed by atoms with van der Waals surface area (Å²) in [6.07, 6.45) is 10.8. The number of carboxylic acids is 1. The topological polar surface area (TPSA) is 49.3 Å². The minimum absolute atomic E-state index is 0.346. The number of hydrogen-bond acceptors (Lipinski definition) is 2. The fourth-order valence-electron chi connectivity index (χ4n) is 1.89. The number of carbonyl (C=O) groups is 1. The van der Waals surface area contributed by atoms with E-state index in [1.807, 2.05) is 0 Å². The summed E-state index contributed by atoms with van der Waals surface area (Å²) in [6.45, 7) is 0. The first kappa shape index (κ1) is 11.1. The molecule has 0 bridgehead atoms. The quantitative estimate of drug-likeness (QED) is 0.526. The first-order chi connectivity index (χ1) is 6.74. The molecule has 1 aliphatic rings. The Kier molecular flexibility index (Phi) is 4.48. The molecule has 1 saturated heterocycles. The molecule has 14 heavy (non-hydrogen) atoms. The molecule has 1 aliphatic heterocycles. The first-order valence-corrected chi connectivity index (χ1v) is 5.16. The van der Waals surface area contributed by atoms with Crippen molar-refractivity contribution in [2.75, 3.05) is 0 Å². The van der Waals surface area contributed by atoms with Gasteiger partial charge in [0.05, 0.1) is 0 Å². The van der Waals surface area contributed by atoms with Gasteiger partial charge in [-0.05, 0) is 32.1 Å². The fourth-order valence-corrected chi connectivity index (χ4v) is 1.89. The van der Waals surface area contributed by atoms with Gasteiger partial charge in [0.1, 0.15) is 6.04 Å². The Bertz CT molecular complexity index is 232. The molecule has 3 nitrogen and oxygen atoms in total. The molecule has 0 saturated carbocycles. The van der Waals surface area contributed by atoms with E-state index >= 15 is 0 Å². The Morgan fingerprint density at radius 1 is 1.57 bits per heavy atom. The average molecular weight is 195 g/mol. The van der Waals surface area contributed by atoms with Crippen molar-refractivity contribution in [2.45, 2.75) is 50.6 Å². The largest absolute Gasteiger partial charge is 0.480 e. The van der Waals surface area contributed by atoms with Crippen molar-refractivity contribution >= 4 is 5.97 Å². The lowest BCUT2D eigenvalue weighted by molar-refractivity contribution is -0.140. The Morgan fingerprint density at radius 2 is 2.36 bits per heavy atom. The number of unbranched alkanes of at least 4 members (excludes halogenated alkanes) is 1. The van der Waals surface area contributed by atoms with Crippen LogP contribution >= 0.6 is 0 Å². The van der Waals surface area contributed by atoms with E-state index < -0.39 is 5.97 Å². The van der Waals surface area contributed by atoms with Crippen molar-refractivity contribution in [3.05, 3.63) is 0 Å². The van der Waals surface area contributed by atoms with Gasteiger partial charge in [-0.1, -0.05) is 0 Å². The van der Waals surface area contributed by atoms with Crippen LogP contribution in [0.3, 0.4) is 0 Å². The predicted octanol–water partition coefficient (Wildman–Crippen LogP) is 1.39. The molecule has 0 aromatic carbocycles. The molecule has 2 N–H and O–H groups in total. The molecule has 0 amide bonds. The Balaban J connectivity index is 2.26. The zero-order valence-corrected chi connectivity index (χ0v) is 8.33. The van der Waals surface area contributed by atoms with Gasteiger partial charge in [0.15, 0.2) is 0 Å². The lowest BCUT2D eigenvalue weighted by atomic mass is 9.95. The number of aliphatic carboxylic acids is 1. The van der Waals surface area contributed by atoms with Crippen LogP contribution in [0.1, 0.15) is 38.5 Å². The minimum atomic E-state index is -0.730. The van der Waals surface area contributed by atoms with Crippen LogP contribution in [0.2, 0.25) is 0 Å². The molecular formula is C11H17NO2. The van der Waals surface area contributed by atoms with Gasteiger partial charge < -0.3 is 10.4 Å². The summed E-state index contributed by atoms with van der Waals surface area (Å²) in [7, 11) is 0. The van der Waals surface area contributed by atoms with Crippen molar-refractivity contribution in [1.82, 2.24) is 5.32 Å². The van der Waals surface area contributed by atoms with Crippen LogP contribution in [0.25, 0.3) is 0 Å². The molecule has 0 aliphatic carbocycles. The third kappa shape index (κ3) is 3.39. The Morgan fingerprint density at radius 3 is 3.00 bits per heavy atom. The van der Waals surface area contributed by atoms with Gasteiger partial charge in [-0.25, -0.2) is 0 Å². The van der Waals surface area contributed by atoms with Gasteiger partial charge in [0.2, 0.25) is 0 Å². The van der Waals surface area contributed by atoms with Crippen molar-refractivity contribution in [2.24, 2.45) is 0 Å². The van der Waals surface area contributed by atoms with Gasteiger partial charge in [0, 0.05) is 12.5 Å². The number of hydrogen-bond donors (Lipinski definition) is 2. The summed E-state index contributed by atoms with van der Waals surface area (Å²) >= 11 is 0. The second-order valence-corrected chi connectivity index (χ2v) is 3.78. The molecule has 0 aromatic rings. The molecule has 1 fully saturated rings. The molecule has 0 aromatic heterocycles.